The highest BCUT2D eigenvalue weighted by atomic mass is 35.5. The van der Waals surface area contributed by atoms with Crippen LogP contribution in [0.15, 0.2) is 83.7 Å². The molecule has 0 radical (unpaired) electrons. The van der Waals surface area contributed by atoms with E-state index in [-0.39, 0.29) is 5.69 Å². The summed E-state index contributed by atoms with van der Waals surface area (Å²) < 4.78 is 3.43. The molecule has 4 aromatic rings. The van der Waals surface area contributed by atoms with Crippen LogP contribution in [0.4, 0.5) is 0 Å². The minimum absolute atomic E-state index is 0.0975. The number of imidazole rings is 1. The predicted octanol–water partition coefficient (Wildman–Crippen LogP) is 4.43. The minimum Gasteiger partial charge on any atom is -0.260 e. The molecule has 3 aromatic carbocycles. The average Bonchev–Trinajstić information content (AvgIpc) is 2.88. The Morgan fingerprint density at radius 2 is 1.09 bits per heavy atom. The summed E-state index contributed by atoms with van der Waals surface area (Å²) in [5.41, 5.74) is 3.29. The van der Waals surface area contributed by atoms with Gasteiger partial charge in [0.1, 0.15) is 0 Å². The van der Waals surface area contributed by atoms with Crippen LogP contribution in [0.2, 0.25) is 5.02 Å². The van der Waals surface area contributed by atoms with Crippen molar-refractivity contribution in [3.8, 4) is 11.4 Å². The van der Waals surface area contributed by atoms with E-state index in [1.54, 1.807) is 21.3 Å². The van der Waals surface area contributed by atoms with Crippen molar-refractivity contribution in [1.29, 1.82) is 0 Å². The van der Waals surface area contributed by atoms with Gasteiger partial charge in [0.2, 0.25) is 0 Å². The van der Waals surface area contributed by atoms with Crippen molar-refractivity contribution in [3.63, 3.8) is 0 Å². The Morgan fingerprint density at radius 1 is 0.609 bits per heavy atom. The van der Waals surface area contributed by atoms with Gasteiger partial charge in [-0.3, -0.25) is 9.13 Å². The number of hydrogen-bond donors (Lipinski definition) is 0. The maximum Gasteiger partial charge on any atom is 0.338 e. The molecule has 0 fully saturated rings. The molecule has 0 aliphatic carbocycles. The van der Waals surface area contributed by atoms with Crippen molar-refractivity contribution >= 4 is 22.6 Å². The molecule has 0 spiro atoms. The van der Waals surface area contributed by atoms with Gasteiger partial charge in [-0.05, 0) is 48.5 Å². The van der Waals surface area contributed by atoms with Crippen LogP contribution in [0.25, 0.3) is 22.4 Å². The summed E-state index contributed by atoms with van der Waals surface area (Å²) in [6.45, 7) is 0. The fourth-order valence-electron chi connectivity index (χ4n) is 2.81. The third kappa shape index (κ3) is 2.26. The molecule has 0 bridgehead atoms. The monoisotopic (exact) mass is 320 g/mol. The standard InChI is InChI=1S/C19H13ClN2O/c20-14-10-12-16(13-11-14)22-18-9-5-4-8-17(18)21(19(22)23)15-6-2-1-3-7-15/h1-13H. The molecule has 0 saturated carbocycles. The maximum absolute atomic E-state index is 13.1. The van der Waals surface area contributed by atoms with Gasteiger partial charge in [0.25, 0.3) is 0 Å². The lowest BCUT2D eigenvalue weighted by Crippen LogP contribution is -2.21. The summed E-state index contributed by atoms with van der Waals surface area (Å²) >= 11 is 5.97. The third-order valence-electron chi connectivity index (χ3n) is 3.85. The number of fused-ring (bicyclic) bond motifs is 1. The maximum atomic E-state index is 13.1. The van der Waals surface area contributed by atoms with Crippen molar-refractivity contribution < 1.29 is 0 Å². The zero-order valence-electron chi connectivity index (χ0n) is 12.2. The number of hydrogen-bond acceptors (Lipinski definition) is 1. The Morgan fingerprint density at radius 3 is 1.65 bits per heavy atom. The first-order valence-corrected chi connectivity index (χ1v) is 7.67. The number of aromatic nitrogens is 2. The van der Waals surface area contributed by atoms with E-state index in [0.29, 0.717) is 5.02 Å². The van der Waals surface area contributed by atoms with Crippen LogP contribution in [0.3, 0.4) is 0 Å². The molecule has 0 saturated heterocycles. The largest absolute Gasteiger partial charge is 0.338 e. The number of rotatable bonds is 2. The highest BCUT2D eigenvalue weighted by Gasteiger charge is 2.15. The van der Waals surface area contributed by atoms with Crippen molar-refractivity contribution in [2.24, 2.45) is 0 Å². The summed E-state index contributed by atoms with van der Waals surface area (Å²) in [4.78, 5) is 13.1. The van der Waals surface area contributed by atoms with Gasteiger partial charge < -0.3 is 0 Å². The van der Waals surface area contributed by atoms with Crippen molar-refractivity contribution in [2.45, 2.75) is 0 Å². The quantitative estimate of drug-likeness (QED) is 0.536. The molecule has 0 atom stereocenters. The topological polar surface area (TPSA) is 26.9 Å². The van der Waals surface area contributed by atoms with Gasteiger partial charge in [-0.15, -0.1) is 0 Å². The molecule has 3 nitrogen and oxygen atoms in total. The van der Waals surface area contributed by atoms with E-state index in [1.807, 2.05) is 66.7 Å². The van der Waals surface area contributed by atoms with Gasteiger partial charge in [0, 0.05) is 5.02 Å². The predicted molar refractivity (Wildman–Crippen MR) is 93.9 cm³/mol. The summed E-state index contributed by atoms with van der Waals surface area (Å²) in [6, 6.07) is 24.7. The summed E-state index contributed by atoms with van der Waals surface area (Å²) in [5.74, 6) is 0. The van der Waals surface area contributed by atoms with Crippen LogP contribution >= 0.6 is 11.6 Å². The Kier molecular flexibility index (Phi) is 3.28. The van der Waals surface area contributed by atoms with E-state index in [1.165, 1.54) is 0 Å². The van der Waals surface area contributed by atoms with Gasteiger partial charge in [-0.25, -0.2) is 4.79 Å². The fourth-order valence-corrected chi connectivity index (χ4v) is 2.94. The molecule has 0 aliphatic heterocycles. The normalized spacial score (nSPS) is 11.0. The van der Waals surface area contributed by atoms with Crippen molar-refractivity contribution in [2.75, 3.05) is 0 Å². The van der Waals surface area contributed by atoms with E-state index in [0.717, 1.165) is 22.4 Å². The van der Waals surface area contributed by atoms with Crippen LogP contribution in [0.5, 0.6) is 0 Å². The van der Waals surface area contributed by atoms with Crippen molar-refractivity contribution in [3.05, 3.63) is 94.4 Å². The van der Waals surface area contributed by atoms with Crippen LogP contribution in [0.1, 0.15) is 0 Å². The molecule has 1 aromatic heterocycles. The van der Waals surface area contributed by atoms with Gasteiger partial charge in [0.15, 0.2) is 0 Å². The van der Waals surface area contributed by atoms with E-state index in [2.05, 4.69) is 0 Å². The Labute approximate surface area is 138 Å². The van der Waals surface area contributed by atoms with Gasteiger partial charge in [-0.2, -0.15) is 0 Å². The Balaban J connectivity index is 2.09. The summed E-state index contributed by atoms with van der Waals surface area (Å²) in [7, 11) is 0. The highest BCUT2D eigenvalue weighted by Crippen LogP contribution is 2.21. The van der Waals surface area contributed by atoms with Gasteiger partial charge >= 0.3 is 5.69 Å². The second-order valence-electron chi connectivity index (χ2n) is 5.25. The van der Waals surface area contributed by atoms with Gasteiger partial charge in [0.05, 0.1) is 22.4 Å². The molecular formula is C19H13ClN2O. The van der Waals surface area contributed by atoms with Crippen LogP contribution in [-0.2, 0) is 0 Å². The zero-order valence-corrected chi connectivity index (χ0v) is 12.9. The lowest BCUT2D eigenvalue weighted by molar-refractivity contribution is 0.931. The minimum atomic E-state index is -0.0975. The van der Waals surface area contributed by atoms with E-state index >= 15 is 0 Å². The second-order valence-corrected chi connectivity index (χ2v) is 5.69. The van der Waals surface area contributed by atoms with Crippen LogP contribution in [-0.4, -0.2) is 9.13 Å². The SMILES string of the molecule is O=c1n(-c2ccccc2)c2ccccc2n1-c1ccc(Cl)cc1. The molecule has 1 heterocycles. The first-order valence-electron chi connectivity index (χ1n) is 7.29. The number of halogens is 1. The lowest BCUT2D eigenvalue weighted by atomic mass is 10.2. The molecule has 23 heavy (non-hydrogen) atoms. The molecular weight excluding hydrogens is 308 g/mol. The smallest absolute Gasteiger partial charge is 0.260 e. The first-order chi connectivity index (χ1) is 11.3. The molecule has 0 N–H and O–H groups in total. The van der Waals surface area contributed by atoms with E-state index < -0.39 is 0 Å². The average molecular weight is 321 g/mol. The van der Waals surface area contributed by atoms with E-state index in [9.17, 15) is 4.79 Å². The first kappa shape index (κ1) is 13.9. The van der Waals surface area contributed by atoms with Crippen LogP contribution in [0, 0.1) is 0 Å². The van der Waals surface area contributed by atoms with Gasteiger partial charge in [-0.1, -0.05) is 41.9 Å². The van der Waals surface area contributed by atoms with Crippen molar-refractivity contribution in [1.82, 2.24) is 9.13 Å². The van der Waals surface area contributed by atoms with Crippen LogP contribution < -0.4 is 5.69 Å². The summed E-state index contributed by atoms with van der Waals surface area (Å²) in [5, 5.41) is 0.647. The van der Waals surface area contributed by atoms with E-state index in [4.69, 9.17) is 11.6 Å². The molecule has 0 amide bonds. The summed E-state index contributed by atoms with van der Waals surface area (Å²) in [6.07, 6.45) is 0. The fraction of sp³-hybridized carbons (Fsp3) is 0. The molecule has 4 rings (SSSR count). The molecule has 4 heteroatoms. The highest BCUT2D eigenvalue weighted by molar-refractivity contribution is 6.30. The number of benzene rings is 3. The molecule has 112 valence electrons. The molecule has 0 aliphatic rings. The Bertz CT molecular complexity index is 1030. The number of nitrogens with zero attached hydrogens (tertiary/aromatic N) is 2. The second kappa shape index (κ2) is 5.45. The molecule has 0 unspecified atom stereocenters. The Hall–Kier alpha value is -2.78. The third-order valence-corrected chi connectivity index (χ3v) is 4.10. The lowest BCUT2D eigenvalue weighted by Gasteiger charge is -2.03. The zero-order chi connectivity index (χ0) is 15.8. The number of para-hydroxylation sites is 3.